The van der Waals surface area contributed by atoms with Gasteiger partial charge in [-0.1, -0.05) is 30.3 Å². The molecule has 0 fully saturated rings. The third-order valence-corrected chi connectivity index (χ3v) is 6.12. The Morgan fingerprint density at radius 3 is 2.51 bits per heavy atom. The van der Waals surface area contributed by atoms with Crippen LogP contribution < -0.4 is 21.5 Å². The normalized spacial score (nSPS) is 12.0. The molecule has 0 radical (unpaired) electrons. The quantitative estimate of drug-likeness (QED) is 0.281. The molecular formula is C29H33N5O3. The summed E-state index contributed by atoms with van der Waals surface area (Å²) in [6, 6.07) is 16.8. The number of rotatable bonds is 10. The first-order valence-corrected chi connectivity index (χ1v) is 12.4. The van der Waals surface area contributed by atoms with Crippen molar-refractivity contribution < 1.29 is 14.3 Å². The maximum Gasteiger partial charge on any atom is 0.251 e. The Morgan fingerprint density at radius 1 is 1.11 bits per heavy atom. The van der Waals surface area contributed by atoms with Gasteiger partial charge in [0.05, 0.1) is 17.5 Å². The number of nitrogens with zero attached hydrogens (tertiary/aromatic N) is 2. The molecule has 4 rings (SSSR count). The fourth-order valence-electron chi connectivity index (χ4n) is 4.25. The molecule has 0 aliphatic heterocycles. The predicted octanol–water partition coefficient (Wildman–Crippen LogP) is 4.29. The zero-order valence-electron chi connectivity index (χ0n) is 21.4. The van der Waals surface area contributed by atoms with Gasteiger partial charge in [-0.15, -0.1) is 0 Å². The minimum Gasteiger partial charge on any atom is -0.489 e. The number of hydrogen-bond acceptors (Lipinski definition) is 5. The van der Waals surface area contributed by atoms with Crippen LogP contribution in [0.25, 0.3) is 16.9 Å². The summed E-state index contributed by atoms with van der Waals surface area (Å²) < 4.78 is 7.67. The van der Waals surface area contributed by atoms with Gasteiger partial charge < -0.3 is 25.9 Å². The monoisotopic (exact) mass is 499 g/mol. The van der Waals surface area contributed by atoms with Gasteiger partial charge in [-0.3, -0.25) is 9.59 Å². The van der Waals surface area contributed by atoms with Gasteiger partial charge in [-0.2, -0.15) is 0 Å². The smallest absolute Gasteiger partial charge is 0.251 e. The van der Waals surface area contributed by atoms with E-state index in [-0.39, 0.29) is 24.5 Å². The summed E-state index contributed by atoms with van der Waals surface area (Å²) >= 11 is 0. The Kier molecular flexibility index (Phi) is 7.77. The fourth-order valence-corrected chi connectivity index (χ4v) is 4.25. The van der Waals surface area contributed by atoms with Crippen molar-refractivity contribution in [2.75, 3.05) is 5.73 Å². The van der Waals surface area contributed by atoms with Gasteiger partial charge >= 0.3 is 0 Å². The van der Waals surface area contributed by atoms with E-state index in [1.54, 1.807) is 18.2 Å². The second kappa shape index (κ2) is 11.2. The number of primary amides is 1. The predicted molar refractivity (Wildman–Crippen MR) is 145 cm³/mol. The molecule has 0 bridgehead atoms. The number of aryl methyl sites for hydroxylation is 1. The molecule has 0 spiro atoms. The van der Waals surface area contributed by atoms with Crippen LogP contribution in [0.3, 0.4) is 0 Å². The number of nitrogens with two attached hydrogens (primary N) is 2. The first-order chi connectivity index (χ1) is 17.7. The van der Waals surface area contributed by atoms with Crippen LogP contribution in [0, 0.1) is 6.92 Å². The van der Waals surface area contributed by atoms with E-state index in [0.717, 1.165) is 28.0 Å². The summed E-state index contributed by atoms with van der Waals surface area (Å²) in [5, 5.41) is 3.04. The summed E-state index contributed by atoms with van der Waals surface area (Å²) in [5.41, 5.74) is 17.3. The molecule has 37 heavy (non-hydrogen) atoms. The zero-order chi connectivity index (χ0) is 26.5. The zero-order valence-corrected chi connectivity index (χ0v) is 21.4. The molecule has 8 heteroatoms. The summed E-state index contributed by atoms with van der Waals surface area (Å²) in [4.78, 5) is 29.2. The average Bonchev–Trinajstić information content (AvgIpc) is 3.30. The van der Waals surface area contributed by atoms with Crippen molar-refractivity contribution >= 4 is 23.1 Å². The SMILES string of the molecule is Cc1cccn2cc(-c3ccc(C[C@@H](CCC(N)=O)NC(=O)c4ccc(OC(C)C)c(N)c4)cc3)nc12. The first-order valence-electron chi connectivity index (χ1n) is 12.4. The van der Waals surface area contributed by atoms with E-state index >= 15 is 0 Å². The number of aromatic nitrogens is 2. The third kappa shape index (κ3) is 6.46. The van der Waals surface area contributed by atoms with E-state index in [4.69, 9.17) is 21.2 Å². The van der Waals surface area contributed by atoms with E-state index in [1.807, 2.05) is 74.0 Å². The van der Waals surface area contributed by atoms with Gasteiger partial charge in [0.25, 0.3) is 5.91 Å². The molecule has 0 aliphatic rings. The number of anilines is 1. The molecule has 2 amide bonds. The number of imidazole rings is 1. The number of carbonyl (C=O) groups excluding carboxylic acids is 2. The number of pyridine rings is 1. The molecule has 4 aromatic rings. The van der Waals surface area contributed by atoms with Gasteiger partial charge in [0, 0.05) is 36.0 Å². The third-order valence-electron chi connectivity index (χ3n) is 6.12. The molecule has 0 saturated carbocycles. The minimum atomic E-state index is -0.406. The minimum absolute atomic E-state index is 0.0247. The molecule has 192 valence electrons. The highest BCUT2D eigenvalue weighted by atomic mass is 16.5. The Balaban J connectivity index is 1.48. The number of benzene rings is 2. The van der Waals surface area contributed by atoms with Crippen LogP contribution in [0.1, 0.15) is 48.2 Å². The van der Waals surface area contributed by atoms with Crippen molar-refractivity contribution in [1.82, 2.24) is 14.7 Å². The Morgan fingerprint density at radius 2 is 1.86 bits per heavy atom. The highest BCUT2D eigenvalue weighted by Gasteiger charge is 2.17. The Hall–Kier alpha value is -4.33. The lowest BCUT2D eigenvalue weighted by Crippen LogP contribution is -2.37. The Bertz CT molecular complexity index is 1410. The van der Waals surface area contributed by atoms with Gasteiger partial charge in [-0.05, 0) is 69.0 Å². The number of amides is 2. The Labute approximate surface area is 216 Å². The number of nitrogen functional groups attached to an aromatic ring is 1. The molecule has 2 heterocycles. The fraction of sp³-hybridized carbons (Fsp3) is 0.276. The highest BCUT2D eigenvalue weighted by Crippen LogP contribution is 2.24. The maximum atomic E-state index is 13.0. The van der Waals surface area contributed by atoms with Crippen LogP contribution in [0.15, 0.2) is 67.0 Å². The lowest BCUT2D eigenvalue weighted by atomic mass is 9.99. The van der Waals surface area contributed by atoms with Crippen molar-refractivity contribution in [1.29, 1.82) is 0 Å². The lowest BCUT2D eigenvalue weighted by molar-refractivity contribution is -0.118. The topological polar surface area (TPSA) is 125 Å². The first kappa shape index (κ1) is 25.8. The van der Waals surface area contributed by atoms with Gasteiger partial charge in [0.1, 0.15) is 11.4 Å². The summed E-state index contributed by atoms with van der Waals surface area (Å²) in [6.45, 7) is 5.86. The molecule has 0 unspecified atom stereocenters. The van der Waals surface area contributed by atoms with E-state index in [9.17, 15) is 9.59 Å². The number of ether oxygens (including phenoxy) is 1. The van der Waals surface area contributed by atoms with Gasteiger partial charge in [0.15, 0.2) is 0 Å². The molecular weight excluding hydrogens is 466 g/mol. The summed E-state index contributed by atoms with van der Waals surface area (Å²) in [6.07, 6.45) is 5.12. The number of fused-ring (bicyclic) bond motifs is 1. The van der Waals surface area contributed by atoms with Crippen LogP contribution in [-0.4, -0.2) is 33.3 Å². The lowest BCUT2D eigenvalue weighted by Gasteiger charge is -2.19. The average molecular weight is 500 g/mol. The van der Waals surface area contributed by atoms with E-state index in [2.05, 4.69) is 5.32 Å². The van der Waals surface area contributed by atoms with E-state index < -0.39 is 5.91 Å². The van der Waals surface area contributed by atoms with Crippen molar-refractivity contribution in [3.8, 4) is 17.0 Å². The van der Waals surface area contributed by atoms with Crippen LogP contribution in [0.5, 0.6) is 5.75 Å². The van der Waals surface area contributed by atoms with Crippen LogP contribution >= 0.6 is 0 Å². The number of hydrogen-bond donors (Lipinski definition) is 3. The van der Waals surface area contributed by atoms with E-state index in [1.165, 1.54) is 0 Å². The maximum absolute atomic E-state index is 13.0. The molecule has 2 aromatic heterocycles. The second-order valence-electron chi connectivity index (χ2n) is 9.54. The molecule has 0 saturated heterocycles. The van der Waals surface area contributed by atoms with Crippen molar-refractivity contribution in [2.45, 2.75) is 52.2 Å². The largest absolute Gasteiger partial charge is 0.489 e. The molecule has 8 nitrogen and oxygen atoms in total. The van der Waals surface area contributed by atoms with Crippen molar-refractivity contribution in [3.05, 3.63) is 83.7 Å². The second-order valence-corrected chi connectivity index (χ2v) is 9.54. The molecule has 5 N–H and O–H groups in total. The van der Waals surface area contributed by atoms with Gasteiger partial charge in [-0.25, -0.2) is 4.98 Å². The molecule has 2 aromatic carbocycles. The van der Waals surface area contributed by atoms with Crippen LogP contribution in [0.2, 0.25) is 0 Å². The van der Waals surface area contributed by atoms with Crippen LogP contribution in [-0.2, 0) is 11.2 Å². The number of carbonyl (C=O) groups is 2. The summed E-state index contributed by atoms with van der Waals surface area (Å²) in [7, 11) is 0. The standard InChI is InChI=1S/C29H33N5O3/c1-18(2)37-26-12-10-22(16-24(26)30)29(36)32-23(11-13-27(31)35)15-20-6-8-21(9-7-20)25-17-34-14-4-5-19(3)28(34)33-25/h4-10,12,14,16-18,23H,11,13,15,30H2,1-3H3,(H2,31,35)(H,32,36)/t23-/m1/s1. The number of nitrogens with one attached hydrogen (secondary N) is 1. The highest BCUT2D eigenvalue weighted by molar-refractivity contribution is 5.95. The van der Waals surface area contributed by atoms with Crippen LogP contribution in [0.4, 0.5) is 5.69 Å². The van der Waals surface area contributed by atoms with Crippen molar-refractivity contribution in [3.63, 3.8) is 0 Å². The van der Waals surface area contributed by atoms with Crippen molar-refractivity contribution in [2.24, 2.45) is 5.73 Å². The molecule has 1 atom stereocenters. The van der Waals surface area contributed by atoms with E-state index in [0.29, 0.717) is 29.8 Å². The van der Waals surface area contributed by atoms with Gasteiger partial charge in [0.2, 0.25) is 5.91 Å². The summed E-state index contributed by atoms with van der Waals surface area (Å²) in [5.74, 6) is -0.136. The molecule has 0 aliphatic carbocycles.